The molecular formula is C24H42O7. The number of carbonyl (C=O) groups is 3. The fraction of sp³-hybridized carbons (Fsp3) is 0.875. The normalized spacial score (nSPS) is 29.7. The predicted octanol–water partition coefficient (Wildman–Crippen LogP) is 4.06. The molecule has 7 nitrogen and oxygen atoms in total. The molecular weight excluding hydrogens is 400 g/mol. The van der Waals surface area contributed by atoms with E-state index in [-0.39, 0.29) is 42.7 Å². The smallest absolute Gasteiger partial charge is 0.309 e. The molecule has 0 aromatic heterocycles. The molecule has 0 saturated heterocycles. The summed E-state index contributed by atoms with van der Waals surface area (Å²) in [6.07, 6.45) is 6.43. The Morgan fingerprint density at radius 1 is 0.774 bits per heavy atom. The fourth-order valence-corrected chi connectivity index (χ4v) is 5.29. The van der Waals surface area contributed by atoms with Crippen LogP contribution >= 0.6 is 0 Å². The number of carbonyl (C=O) groups excluding carboxylic acids is 2. The lowest BCUT2D eigenvalue weighted by molar-refractivity contribution is -0.150. The van der Waals surface area contributed by atoms with Crippen molar-refractivity contribution in [3.63, 3.8) is 0 Å². The maximum atomic E-state index is 11.7. The van der Waals surface area contributed by atoms with Gasteiger partial charge in [0.2, 0.25) is 0 Å². The molecule has 6 atom stereocenters. The van der Waals surface area contributed by atoms with E-state index in [1.165, 1.54) is 0 Å². The number of ether oxygens (including phenoxy) is 2. The third-order valence-corrected chi connectivity index (χ3v) is 6.81. The average molecular weight is 443 g/mol. The first-order valence-electron chi connectivity index (χ1n) is 12.0. The Hall–Kier alpha value is -1.63. The van der Waals surface area contributed by atoms with Gasteiger partial charge in [0.15, 0.2) is 0 Å². The molecule has 0 aliphatic heterocycles. The lowest BCUT2D eigenvalue weighted by Gasteiger charge is -2.15. The second-order valence-corrected chi connectivity index (χ2v) is 8.84. The largest absolute Gasteiger partial charge is 0.481 e. The van der Waals surface area contributed by atoms with Crippen LogP contribution in [0.5, 0.6) is 0 Å². The highest BCUT2D eigenvalue weighted by Gasteiger charge is 2.39. The summed E-state index contributed by atoms with van der Waals surface area (Å²) in [6.45, 7) is 8.91. The SMILES string of the molecule is CCOC(=O)C1CC(CC(=O)O)CC1CC.CCOC(=O)C1CC(CCO)CC1CC. The van der Waals surface area contributed by atoms with Crippen molar-refractivity contribution in [2.75, 3.05) is 19.8 Å². The maximum Gasteiger partial charge on any atom is 0.309 e. The standard InChI is InChI=1S/C12H20O4.C12H22O3/c1-3-9-5-8(7-11(13)14)6-10(9)12(15)16-4-2;1-3-10-7-9(5-6-13)8-11(10)12(14)15-4-2/h8-10H,3-7H2,1-2H3,(H,13,14);9-11,13H,3-8H2,1-2H3. The van der Waals surface area contributed by atoms with E-state index in [2.05, 4.69) is 6.92 Å². The van der Waals surface area contributed by atoms with Crippen molar-refractivity contribution in [1.29, 1.82) is 0 Å². The van der Waals surface area contributed by atoms with Crippen molar-refractivity contribution >= 4 is 17.9 Å². The molecule has 2 aliphatic rings. The monoisotopic (exact) mass is 442 g/mol. The van der Waals surface area contributed by atoms with Crippen molar-refractivity contribution in [2.24, 2.45) is 35.5 Å². The zero-order valence-corrected chi connectivity index (χ0v) is 19.7. The van der Waals surface area contributed by atoms with E-state index in [0.717, 1.165) is 38.5 Å². The van der Waals surface area contributed by atoms with E-state index >= 15 is 0 Å². The average Bonchev–Trinajstić information content (AvgIpc) is 3.32. The molecule has 2 fully saturated rings. The Balaban J connectivity index is 0.000000311. The summed E-state index contributed by atoms with van der Waals surface area (Å²) >= 11 is 0. The molecule has 2 rings (SSSR count). The van der Waals surface area contributed by atoms with Crippen molar-refractivity contribution < 1.29 is 34.1 Å². The quantitative estimate of drug-likeness (QED) is 0.491. The number of carboxylic acids is 1. The molecule has 0 spiro atoms. The van der Waals surface area contributed by atoms with Gasteiger partial charge in [-0.3, -0.25) is 14.4 Å². The van der Waals surface area contributed by atoms with Crippen molar-refractivity contribution in [2.45, 2.75) is 79.1 Å². The van der Waals surface area contributed by atoms with Gasteiger partial charge in [-0.05, 0) is 69.6 Å². The van der Waals surface area contributed by atoms with Gasteiger partial charge < -0.3 is 19.7 Å². The number of hydrogen-bond donors (Lipinski definition) is 2. The second kappa shape index (κ2) is 14.4. The van der Waals surface area contributed by atoms with Gasteiger partial charge in [-0.1, -0.05) is 26.7 Å². The molecule has 31 heavy (non-hydrogen) atoms. The third kappa shape index (κ3) is 8.79. The number of rotatable bonds is 10. The van der Waals surface area contributed by atoms with Crippen molar-refractivity contribution in [3.8, 4) is 0 Å². The summed E-state index contributed by atoms with van der Waals surface area (Å²) < 4.78 is 10.1. The molecule has 180 valence electrons. The van der Waals surface area contributed by atoms with Crippen LogP contribution in [0.4, 0.5) is 0 Å². The number of aliphatic carboxylic acids is 1. The van der Waals surface area contributed by atoms with Gasteiger partial charge in [-0.25, -0.2) is 0 Å². The highest BCUT2D eigenvalue weighted by molar-refractivity contribution is 5.74. The topological polar surface area (TPSA) is 110 Å². The van der Waals surface area contributed by atoms with E-state index < -0.39 is 5.97 Å². The van der Waals surface area contributed by atoms with E-state index in [1.807, 2.05) is 13.8 Å². The maximum absolute atomic E-state index is 11.7. The Labute approximate surface area is 186 Å². The Bertz CT molecular complexity index is 562. The zero-order valence-electron chi connectivity index (χ0n) is 19.7. The molecule has 0 radical (unpaired) electrons. The second-order valence-electron chi connectivity index (χ2n) is 8.84. The number of esters is 2. The van der Waals surface area contributed by atoms with Gasteiger partial charge in [0.05, 0.1) is 25.0 Å². The van der Waals surface area contributed by atoms with Crippen molar-refractivity contribution in [1.82, 2.24) is 0 Å². The molecule has 2 N–H and O–H groups in total. The van der Waals surface area contributed by atoms with Gasteiger partial charge in [-0.2, -0.15) is 0 Å². The minimum absolute atomic E-state index is 0.0372. The van der Waals surface area contributed by atoms with E-state index in [0.29, 0.717) is 37.4 Å². The van der Waals surface area contributed by atoms with Crippen LogP contribution in [0.3, 0.4) is 0 Å². The summed E-state index contributed by atoms with van der Waals surface area (Å²) in [5.74, 6) is 0.424. The minimum atomic E-state index is -0.774. The summed E-state index contributed by atoms with van der Waals surface area (Å²) in [4.78, 5) is 34.0. The van der Waals surface area contributed by atoms with Crippen molar-refractivity contribution in [3.05, 3.63) is 0 Å². The molecule has 0 amide bonds. The molecule has 0 heterocycles. The first-order chi connectivity index (χ1) is 14.8. The summed E-state index contributed by atoms with van der Waals surface area (Å²) in [5, 5.41) is 17.6. The summed E-state index contributed by atoms with van der Waals surface area (Å²) in [7, 11) is 0. The molecule has 2 aliphatic carbocycles. The molecule has 7 heteroatoms. The molecule has 2 saturated carbocycles. The predicted molar refractivity (Wildman–Crippen MR) is 117 cm³/mol. The van der Waals surface area contributed by atoms with Gasteiger partial charge >= 0.3 is 17.9 Å². The Morgan fingerprint density at radius 3 is 1.61 bits per heavy atom. The number of hydrogen-bond acceptors (Lipinski definition) is 6. The molecule has 0 aromatic rings. The summed E-state index contributed by atoms with van der Waals surface area (Å²) in [6, 6.07) is 0. The number of aliphatic hydroxyl groups is 1. The van der Waals surface area contributed by atoms with Gasteiger partial charge in [0.25, 0.3) is 0 Å². The highest BCUT2D eigenvalue weighted by atomic mass is 16.5. The van der Waals surface area contributed by atoms with Crippen LogP contribution < -0.4 is 0 Å². The fourth-order valence-electron chi connectivity index (χ4n) is 5.29. The number of carboxylic acid groups (broad SMARTS) is 1. The van der Waals surface area contributed by atoms with Gasteiger partial charge in [-0.15, -0.1) is 0 Å². The van der Waals surface area contributed by atoms with Crippen LogP contribution in [0, 0.1) is 35.5 Å². The van der Waals surface area contributed by atoms with Gasteiger partial charge in [0, 0.05) is 13.0 Å². The molecule has 6 unspecified atom stereocenters. The molecule has 0 bridgehead atoms. The highest BCUT2D eigenvalue weighted by Crippen LogP contribution is 2.41. The van der Waals surface area contributed by atoms with E-state index in [4.69, 9.17) is 19.7 Å². The third-order valence-electron chi connectivity index (χ3n) is 6.81. The van der Waals surface area contributed by atoms with Crippen LogP contribution in [0.1, 0.15) is 79.1 Å². The van der Waals surface area contributed by atoms with Gasteiger partial charge in [0.1, 0.15) is 0 Å². The van der Waals surface area contributed by atoms with E-state index in [9.17, 15) is 14.4 Å². The minimum Gasteiger partial charge on any atom is -0.481 e. The number of aliphatic hydroxyl groups excluding tert-OH is 1. The first kappa shape index (κ1) is 27.4. The van der Waals surface area contributed by atoms with Crippen LogP contribution in [-0.4, -0.2) is 47.9 Å². The molecule has 0 aromatic carbocycles. The lowest BCUT2D eigenvalue weighted by atomic mass is 9.94. The Morgan fingerprint density at radius 2 is 1.23 bits per heavy atom. The van der Waals surface area contributed by atoms with Crippen LogP contribution in [0.25, 0.3) is 0 Å². The van der Waals surface area contributed by atoms with E-state index in [1.54, 1.807) is 6.92 Å². The first-order valence-corrected chi connectivity index (χ1v) is 12.0. The van der Waals surface area contributed by atoms with Crippen LogP contribution in [-0.2, 0) is 23.9 Å². The lowest BCUT2D eigenvalue weighted by Crippen LogP contribution is -2.21. The Kier molecular flexibility index (Phi) is 12.8. The van der Waals surface area contributed by atoms with Crippen LogP contribution in [0.2, 0.25) is 0 Å². The van der Waals surface area contributed by atoms with Crippen LogP contribution in [0.15, 0.2) is 0 Å². The summed E-state index contributed by atoms with van der Waals surface area (Å²) in [5.41, 5.74) is 0. The zero-order chi connectivity index (χ0) is 23.4.